The van der Waals surface area contributed by atoms with E-state index in [0.29, 0.717) is 29.2 Å². The number of benzene rings is 3. The number of carbonyl (C=O) groups is 3. The van der Waals surface area contributed by atoms with Crippen molar-refractivity contribution in [1.29, 1.82) is 0 Å². The van der Waals surface area contributed by atoms with E-state index in [1.807, 2.05) is 37.3 Å². The van der Waals surface area contributed by atoms with Crippen molar-refractivity contribution < 1.29 is 19.1 Å². The van der Waals surface area contributed by atoms with Crippen LogP contribution in [0.15, 0.2) is 77.7 Å². The fraction of sp³-hybridized carbons (Fsp3) is 0.160. The number of ether oxygens (including phenoxy) is 1. The molecule has 0 fully saturated rings. The Morgan fingerprint density at radius 2 is 1.76 bits per heavy atom. The van der Waals surface area contributed by atoms with Gasteiger partial charge < -0.3 is 15.4 Å². The highest BCUT2D eigenvalue weighted by Gasteiger charge is 2.27. The second-order valence-corrected chi connectivity index (χ2v) is 8.32. The molecule has 3 aromatic rings. The quantitative estimate of drug-likeness (QED) is 0.509. The maximum atomic E-state index is 13.0. The van der Waals surface area contributed by atoms with Crippen LogP contribution in [0, 0.1) is 0 Å². The molecule has 0 bridgehead atoms. The molecule has 2 N–H and O–H groups in total. The first-order valence-corrected chi connectivity index (χ1v) is 11.5. The summed E-state index contributed by atoms with van der Waals surface area (Å²) in [7, 11) is 0. The van der Waals surface area contributed by atoms with Gasteiger partial charge in [-0.2, -0.15) is 0 Å². The first kappa shape index (κ1) is 22.4. The molecule has 3 aromatic carbocycles. The largest absolute Gasteiger partial charge is 0.494 e. The van der Waals surface area contributed by atoms with Crippen LogP contribution >= 0.6 is 11.8 Å². The maximum Gasteiger partial charge on any atom is 0.258 e. The number of hydrogen-bond acceptors (Lipinski definition) is 5. The van der Waals surface area contributed by atoms with Crippen molar-refractivity contribution in [1.82, 2.24) is 0 Å². The molecular weight excluding hydrogens is 438 g/mol. The minimum atomic E-state index is -0.277. The fourth-order valence-corrected chi connectivity index (χ4v) is 4.11. The number of nitrogens with zero attached hydrogens (tertiary/aromatic N) is 1. The van der Waals surface area contributed by atoms with E-state index in [9.17, 15) is 14.4 Å². The maximum absolute atomic E-state index is 13.0. The van der Waals surface area contributed by atoms with Gasteiger partial charge in [0.25, 0.3) is 5.91 Å². The molecular formula is C25H23N3O4S. The van der Waals surface area contributed by atoms with Crippen LogP contribution in [0.2, 0.25) is 0 Å². The van der Waals surface area contributed by atoms with E-state index in [2.05, 4.69) is 10.6 Å². The van der Waals surface area contributed by atoms with E-state index < -0.39 is 0 Å². The van der Waals surface area contributed by atoms with Crippen LogP contribution in [-0.4, -0.2) is 36.6 Å². The number of anilines is 3. The normalized spacial score (nSPS) is 12.5. The van der Waals surface area contributed by atoms with Gasteiger partial charge in [0.15, 0.2) is 0 Å². The molecule has 0 unspecified atom stereocenters. The Morgan fingerprint density at radius 3 is 2.48 bits per heavy atom. The first-order chi connectivity index (χ1) is 16.0. The van der Waals surface area contributed by atoms with Gasteiger partial charge in [-0.05, 0) is 67.6 Å². The van der Waals surface area contributed by atoms with Crippen LogP contribution < -0.4 is 20.3 Å². The van der Waals surface area contributed by atoms with Crippen LogP contribution in [0.3, 0.4) is 0 Å². The predicted molar refractivity (Wildman–Crippen MR) is 130 cm³/mol. The van der Waals surface area contributed by atoms with E-state index in [4.69, 9.17) is 4.74 Å². The Balaban J connectivity index is 1.35. The van der Waals surface area contributed by atoms with Crippen molar-refractivity contribution in [3.8, 4) is 5.75 Å². The minimum Gasteiger partial charge on any atom is -0.494 e. The molecule has 8 heteroatoms. The summed E-state index contributed by atoms with van der Waals surface area (Å²) in [5.74, 6) is 0.398. The molecule has 0 saturated carbocycles. The van der Waals surface area contributed by atoms with Gasteiger partial charge in [-0.15, -0.1) is 11.8 Å². The Hall–Kier alpha value is -3.78. The highest BCUT2D eigenvalue weighted by Crippen LogP contribution is 2.30. The number of rotatable bonds is 7. The van der Waals surface area contributed by atoms with Gasteiger partial charge in [-0.25, -0.2) is 0 Å². The SMILES string of the molecule is CCOc1ccc(SCC(=O)Nc2ccc(C(=O)N3CC(=O)Nc4ccccc43)cc2)cc1. The Labute approximate surface area is 196 Å². The molecule has 0 atom stereocenters. The zero-order valence-electron chi connectivity index (χ0n) is 18.0. The zero-order valence-corrected chi connectivity index (χ0v) is 18.9. The van der Waals surface area contributed by atoms with Crippen molar-refractivity contribution in [3.63, 3.8) is 0 Å². The highest BCUT2D eigenvalue weighted by atomic mass is 32.2. The summed E-state index contributed by atoms with van der Waals surface area (Å²) in [6.07, 6.45) is 0. The van der Waals surface area contributed by atoms with Crippen LogP contribution in [0.1, 0.15) is 17.3 Å². The van der Waals surface area contributed by atoms with Gasteiger partial charge in [-0.3, -0.25) is 19.3 Å². The third-order valence-electron chi connectivity index (χ3n) is 4.94. The highest BCUT2D eigenvalue weighted by molar-refractivity contribution is 8.00. The second kappa shape index (κ2) is 10.2. The van der Waals surface area contributed by atoms with E-state index in [0.717, 1.165) is 10.6 Å². The van der Waals surface area contributed by atoms with Gasteiger partial charge in [0.2, 0.25) is 11.8 Å². The van der Waals surface area contributed by atoms with Crippen LogP contribution in [0.5, 0.6) is 5.75 Å². The number of amides is 3. The molecule has 0 radical (unpaired) electrons. The molecule has 0 spiro atoms. The topological polar surface area (TPSA) is 87.7 Å². The lowest BCUT2D eigenvalue weighted by molar-refractivity contribution is -0.115. The molecule has 0 aliphatic carbocycles. The van der Waals surface area contributed by atoms with Crippen molar-refractivity contribution in [2.24, 2.45) is 0 Å². The summed E-state index contributed by atoms with van der Waals surface area (Å²) in [5.41, 5.74) is 2.30. The summed E-state index contributed by atoms with van der Waals surface area (Å²) >= 11 is 1.43. The molecule has 4 rings (SSSR count). The summed E-state index contributed by atoms with van der Waals surface area (Å²) in [6, 6.07) is 21.4. The van der Waals surface area contributed by atoms with Crippen molar-refractivity contribution >= 4 is 46.5 Å². The number of para-hydroxylation sites is 2. The molecule has 1 aliphatic rings. The van der Waals surface area contributed by atoms with E-state index in [1.54, 1.807) is 42.5 Å². The molecule has 0 saturated heterocycles. The molecule has 33 heavy (non-hydrogen) atoms. The van der Waals surface area contributed by atoms with Crippen LogP contribution in [-0.2, 0) is 9.59 Å². The Morgan fingerprint density at radius 1 is 1.03 bits per heavy atom. The predicted octanol–water partition coefficient (Wildman–Crippen LogP) is 4.42. The molecule has 7 nitrogen and oxygen atoms in total. The van der Waals surface area contributed by atoms with Gasteiger partial charge in [-0.1, -0.05) is 12.1 Å². The average Bonchev–Trinajstić information content (AvgIpc) is 2.83. The Bertz CT molecular complexity index is 1160. The number of fused-ring (bicyclic) bond motifs is 1. The first-order valence-electron chi connectivity index (χ1n) is 10.5. The van der Waals surface area contributed by atoms with Crippen LogP contribution in [0.4, 0.5) is 17.1 Å². The third-order valence-corrected chi connectivity index (χ3v) is 5.95. The van der Waals surface area contributed by atoms with Crippen molar-refractivity contribution in [3.05, 3.63) is 78.4 Å². The summed E-state index contributed by atoms with van der Waals surface area (Å²) in [6.45, 7) is 2.50. The lowest BCUT2D eigenvalue weighted by Gasteiger charge is -2.29. The standard InChI is InChI=1S/C25H23N3O4S/c1-2-32-19-11-13-20(14-12-19)33-16-24(30)26-18-9-7-17(8-10-18)25(31)28-15-23(29)27-21-5-3-4-6-22(21)28/h3-14H,2,15-16H2,1H3,(H,26,30)(H,27,29). The smallest absolute Gasteiger partial charge is 0.258 e. The van der Waals surface area contributed by atoms with E-state index in [-0.39, 0.29) is 30.0 Å². The second-order valence-electron chi connectivity index (χ2n) is 7.28. The van der Waals surface area contributed by atoms with Crippen molar-refractivity contribution in [2.75, 3.05) is 34.4 Å². The number of hydrogen-bond donors (Lipinski definition) is 2. The number of nitrogens with one attached hydrogen (secondary N) is 2. The molecule has 3 amide bonds. The third kappa shape index (κ3) is 5.53. The van der Waals surface area contributed by atoms with Gasteiger partial charge in [0, 0.05) is 16.1 Å². The molecule has 168 valence electrons. The summed E-state index contributed by atoms with van der Waals surface area (Å²) in [4.78, 5) is 39.8. The monoisotopic (exact) mass is 461 g/mol. The zero-order chi connectivity index (χ0) is 23.2. The minimum absolute atomic E-state index is 0.0445. The molecule has 1 aliphatic heterocycles. The lowest BCUT2D eigenvalue weighted by Crippen LogP contribution is -2.42. The Kier molecular flexibility index (Phi) is 6.95. The van der Waals surface area contributed by atoms with Gasteiger partial charge in [0.05, 0.1) is 23.7 Å². The van der Waals surface area contributed by atoms with Gasteiger partial charge >= 0.3 is 0 Å². The number of carbonyl (C=O) groups excluding carboxylic acids is 3. The van der Waals surface area contributed by atoms with Crippen LogP contribution in [0.25, 0.3) is 0 Å². The average molecular weight is 462 g/mol. The number of thioether (sulfide) groups is 1. The molecule has 0 aromatic heterocycles. The lowest BCUT2D eigenvalue weighted by atomic mass is 10.1. The van der Waals surface area contributed by atoms with Crippen molar-refractivity contribution in [2.45, 2.75) is 11.8 Å². The van der Waals surface area contributed by atoms with E-state index >= 15 is 0 Å². The van der Waals surface area contributed by atoms with E-state index in [1.165, 1.54) is 16.7 Å². The summed E-state index contributed by atoms with van der Waals surface area (Å²) < 4.78 is 5.42. The summed E-state index contributed by atoms with van der Waals surface area (Å²) in [5, 5.41) is 5.61. The molecule has 1 heterocycles. The fourth-order valence-electron chi connectivity index (χ4n) is 3.41. The van der Waals surface area contributed by atoms with Gasteiger partial charge in [0.1, 0.15) is 12.3 Å².